The van der Waals surface area contributed by atoms with Crippen LogP contribution in [0.15, 0.2) is 60.7 Å². The molecule has 20 heavy (non-hydrogen) atoms. The highest BCUT2D eigenvalue weighted by molar-refractivity contribution is 5.44. The second kappa shape index (κ2) is 10.9. The molecule has 0 aliphatic carbocycles. The van der Waals surface area contributed by atoms with Crippen LogP contribution in [0.1, 0.15) is 13.8 Å². The van der Waals surface area contributed by atoms with Crippen molar-refractivity contribution < 1.29 is 0 Å². The number of nitrogens with zero attached hydrogens (tertiary/aromatic N) is 2. The first-order valence-electron chi connectivity index (χ1n) is 7.06. The minimum absolute atomic E-state index is 1.25. The normalized spacial score (nSPS) is 8.50. The number of anilines is 2. The molecule has 0 saturated heterocycles. The molecule has 0 radical (unpaired) electrons. The summed E-state index contributed by atoms with van der Waals surface area (Å²) in [6, 6.07) is 20.5. The van der Waals surface area contributed by atoms with Crippen LogP contribution in [0.25, 0.3) is 0 Å². The van der Waals surface area contributed by atoms with Crippen molar-refractivity contribution in [3.63, 3.8) is 0 Å². The summed E-state index contributed by atoms with van der Waals surface area (Å²) in [4.78, 5) is 4.17. The van der Waals surface area contributed by atoms with Crippen LogP contribution in [-0.2, 0) is 0 Å². The lowest BCUT2D eigenvalue weighted by atomic mass is 10.3. The predicted octanol–water partition coefficient (Wildman–Crippen LogP) is 4.53. The summed E-state index contributed by atoms with van der Waals surface area (Å²) < 4.78 is 0. The fourth-order valence-electron chi connectivity index (χ4n) is 1.45. The summed E-state index contributed by atoms with van der Waals surface area (Å²) in [5.41, 5.74) is 2.50. The SMILES string of the molecule is CC.CN(C)c1ccccc1.CN(C)c1ccccc1. The van der Waals surface area contributed by atoms with Crippen molar-refractivity contribution in [1.29, 1.82) is 0 Å². The van der Waals surface area contributed by atoms with Crippen molar-refractivity contribution in [2.75, 3.05) is 38.0 Å². The third kappa shape index (κ3) is 7.47. The average Bonchev–Trinajstić information content (AvgIpc) is 2.51. The van der Waals surface area contributed by atoms with Gasteiger partial charge in [-0.3, -0.25) is 0 Å². The monoisotopic (exact) mass is 272 g/mol. The van der Waals surface area contributed by atoms with Gasteiger partial charge in [0.05, 0.1) is 0 Å². The summed E-state index contributed by atoms with van der Waals surface area (Å²) >= 11 is 0. The van der Waals surface area contributed by atoms with E-state index in [0.717, 1.165) is 0 Å². The van der Waals surface area contributed by atoms with Gasteiger partial charge in [-0.25, -0.2) is 0 Å². The minimum Gasteiger partial charge on any atom is -0.378 e. The molecule has 110 valence electrons. The van der Waals surface area contributed by atoms with E-state index >= 15 is 0 Å². The Morgan fingerprint density at radius 3 is 0.900 bits per heavy atom. The zero-order chi connectivity index (χ0) is 15.4. The van der Waals surface area contributed by atoms with E-state index in [2.05, 4.69) is 34.1 Å². The van der Waals surface area contributed by atoms with Gasteiger partial charge < -0.3 is 9.80 Å². The quantitative estimate of drug-likeness (QED) is 0.792. The van der Waals surface area contributed by atoms with Gasteiger partial charge >= 0.3 is 0 Å². The number of hydrogen-bond acceptors (Lipinski definition) is 2. The molecule has 2 aromatic rings. The molecule has 2 aromatic carbocycles. The zero-order valence-electron chi connectivity index (χ0n) is 13.7. The number of rotatable bonds is 2. The second-order valence-electron chi connectivity index (χ2n) is 4.46. The van der Waals surface area contributed by atoms with Gasteiger partial charge in [0.25, 0.3) is 0 Å². The van der Waals surface area contributed by atoms with Crippen LogP contribution >= 0.6 is 0 Å². The highest BCUT2D eigenvalue weighted by atomic mass is 15.1. The van der Waals surface area contributed by atoms with E-state index in [1.165, 1.54) is 11.4 Å². The van der Waals surface area contributed by atoms with Gasteiger partial charge in [-0.1, -0.05) is 50.2 Å². The zero-order valence-corrected chi connectivity index (χ0v) is 13.7. The summed E-state index contributed by atoms with van der Waals surface area (Å²) in [5.74, 6) is 0. The minimum atomic E-state index is 1.25. The first kappa shape index (κ1) is 18.0. The Hall–Kier alpha value is -1.96. The summed E-state index contributed by atoms with van der Waals surface area (Å²) in [6.07, 6.45) is 0. The molecule has 2 rings (SSSR count). The maximum Gasteiger partial charge on any atom is 0.0360 e. The molecule has 0 fully saturated rings. The Kier molecular flexibility index (Phi) is 9.85. The van der Waals surface area contributed by atoms with Gasteiger partial charge in [0.2, 0.25) is 0 Å². The van der Waals surface area contributed by atoms with E-state index in [1.807, 2.05) is 78.4 Å². The average molecular weight is 272 g/mol. The van der Waals surface area contributed by atoms with Gasteiger partial charge in [-0.2, -0.15) is 0 Å². The van der Waals surface area contributed by atoms with E-state index in [9.17, 15) is 0 Å². The van der Waals surface area contributed by atoms with Crippen molar-refractivity contribution in [2.45, 2.75) is 13.8 Å². The number of hydrogen-bond donors (Lipinski definition) is 0. The number of para-hydroxylation sites is 2. The third-order valence-electron chi connectivity index (χ3n) is 2.55. The maximum atomic E-state index is 2.08. The van der Waals surface area contributed by atoms with Crippen molar-refractivity contribution in [1.82, 2.24) is 0 Å². The maximum absolute atomic E-state index is 2.08. The molecule has 0 saturated carbocycles. The van der Waals surface area contributed by atoms with Gasteiger partial charge in [-0.15, -0.1) is 0 Å². The molecule has 0 spiro atoms. The molecular weight excluding hydrogens is 244 g/mol. The van der Waals surface area contributed by atoms with Crippen LogP contribution in [0.5, 0.6) is 0 Å². The Morgan fingerprint density at radius 2 is 0.750 bits per heavy atom. The predicted molar refractivity (Wildman–Crippen MR) is 92.9 cm³/mol. The lowest BCUT2D eigenvalue weighted by Crippen LogP contribution is -2.07. The molecule has 0 aromatic heterocycles. The molecule has 0 atom stereocenters. The van der Waals surface area contributed by atoms with Gasteiger partial charge in [0, 0.05) is 39.6 Å². The summed E-state index contributed by atoms with van der Waals surface area (Å²) in [5, 5.41) is 0. The molecule has 2 heteroatoms. The Labute approximate surface area is 124 Å². The number of benzene rings is 2. The first-order chi connectivity index (χ1) is 9.61. The molecule has 0 aliphatic rings. The lowest BCUT2D eigenvalue weighted by molar-refractivity contribution is 1.13. The van der Waals surface area contributed by atoms with Crippen molar-refractivity contribution in [3.05, 3.63) is 60.7 Å². The van der Waals surface area contributed by atoms with E-state index in [-0.39, 0.29) is 0 Å². The first-order valence-corrected chi connectivity index (χ1v) is 7.06. The Bertz CT molecular complexity index is 378. The fraction of sp³-hybridized carbons (Fsp3) is 0.333. The summed E-state index contributed by atoms with van der Waals surface area (Å²) in [6.45, 7) is 4.00. The lowest BCUT2D eigenvalue weighted by Gasteiger charge is -2.10. The fourth-order valence-corrected chi connectivity index (χ4v) is 1.45. The Morgan fingerprint density at radius 1 is 0.500 bits per heavy atom. The Balaban J connectivity index is 0.000000321. The van der Waals surface area contributed by atoms with E-state index in [4.69, 9.17) is 0 Å². The standard InChI is InChI=1S/2C8H11N.C2H6/c2*1-9(2)8-6-4-3-5-7-8;1-2/h2*3-7H,1-2H3;1-2H3. The molecule has 0 amide bonds. The highest BCUT2D eigenvalue weighted by Crippen LogP contribution is 2.08. The van der Waals surface area contributed by atoms with E-state index in [1.54, 1.807) is 0 Å². The van der Waals surface area contributed by atoms with Crippen molar-refractivity contribution in [2.24, 2.45) is 0 Å². The molecule has 0 bridgehead atoms. The van der Waals surface area contributed by atoms with Gasteiger partial charge in [-0.05, 0) is 24.3 Å². The van der Waals surface area contributed by atoms with Crippen LogP contribution in [0.3, 0.4) is 0 Å². The van der Waals surface area contributed by atoms with Crippen LogP contribution < -0.4 is 9.80 Å². The van der Waals surface area contributed by atoms with Crippen LogP contribution in [0, 0.1) is 0 Å². The molecule has 0 aliphatic heterocycles. The van der Waals surface area contributed by atoms with Crippen LogP contribution in [0.2, 0.25) is 0 Å². The van der Waals surface area contributed by atoms with E-state index in [0.29, 0.717) is 0 Å². The van der Waals surface area contributed by atoms with Crippen LogP contribution in [-0.4, -0.2) is 28.2 Å². The smallest absolute Gasteiger partial charge is 0.0360 e. The highest BCUT2D eigenvalue weighted by Gasteiger charge is 1.88. The van der Waals surface area contributed by atoms with Crippen LogP contribution in [0.4, 0.5) is 11.4 Å². The third-order valence-corrected chi connectivity index (χ3v) is 2.55. The van der Waals surface area contributed by atoms with Gasteiger partial charge in [0.15, 0.2) is 0 Å². The largest absolute Gasteiger partial charge is 0.378 e. The second-order valence-corrected chi connectivity index (χ2v) is 4.46. The van der Waals surface area contributed by atoms with E-state index < -0.39 is 0 Å². The van der Waals surface area contributed by atoms with Crippen molar-refractivity contribution >= 4 is 11.4 Å². The van der Waals surface area contributed by atoms with Gasteiger partial charge in [0.1, 0.15) is 0 Å². The molecule has 0 unspecified atom stereocenters. The molecule has 0 heterocycles. The molecular formula is C18H28N2. The summed E-state index contributed by atoms with van der Waals surface area (Å²) in [7, 11) is 8.15. The van der Waals surface area contributed by atoms with Crippen molar-refractivity contribution in [3.8, 4) is 0 Å². The molecule has 0 N–H and O–H groups in total. The molecule has 2 nitrogen and oxygen atoms in total. The topological polar surface area (TPSA) is 6.48 Å².